The number of carbonyl (C=O) groups is 2. The summed E-state index contributed by atoms with van der Waals surface area (Å²) in [6, 6.07) is 14.1. The number of Topliss-reactive ketones (excluding diaryl/α,β-unsaturated/α-hetero) is 1. The van der Waals surface area contributed by atoms with Crippen LogP contribution in [0.2, 0.25) is 0 Å². The number of rotatable bonds is 8. The molecule has 3 aromatic carbocycles. The Morgan fingerprint density at radius 2 is 1.84 bits per heavy atom. The summed E-state index contributed by atoms with van der Waals surface area (Å²) in [7, 11) is 0. The number of halogens is 1. The van der Waals surface area contributed by atoms with Gasteiger partial charge in [-0.25, -0.2) is 4.39 Å². The van der Waals surface area contributed by atoms with Crippen LogP contribution in [-0.2, 0) is 16.0 Å². The lowest BCUT2D eigenvalue weighted by atomic mass is 9.94. The van der Waals surface area contributed by atoms with Crippen LogP contribution in [0.15, 0.2) is 72.3 Å². The van der Waals surface area contributed by atoms with Crippen molar-refractivity contribution in [2.24, 2.45) is 0 Å². The van der Waals surface area contributed by atoms with E-state index in [4.69, 9.17) is 4.74 Å². The molecule has 1 unspecified atom stereocenters. The number of nitro benzene ring substituents is 1. The maximum Gasteiger partial charge on any atom is 0.295 e. The van der Waals surface area contributed by atoms with Gasteiger partial charge in [0.1, 0.15) is 11.6 Å². The fraction of sp³-hybridized carbons (Fsp3) is 0.185. The number of non-ortho nitro benzene ring substituents is 1. The number of hydrogen-bond donors (Lipinski definition) is 2. The molecular formula is C27H23FN2O7. The number of likely N-dealkylation sites (tertiary alicyclic amines) is 1. The van der Waals surface area contributed by atoms with Gasteiger partial charge in [0.05, 0.1) is 23.1 Å². The number of carbonyl (C=O) groups excluding carboxylic acids is 2. The molecule has 37 heavy (non-hydrogen) atoms. The third-order valence-electron chi connectivity index (χ3n) is 6.02. The van der Waals surface area contributed by atoms with Crippen molar-refractivity contribution in [1.82, 2.24) is 4.90 Å². The number of ether oxygens (including phenoxy) is 1. The van der Waals surface area contributed by atoms with Crippen LogP contribution in [0, 0.1) is 15.9 Å². The predicted molar refractivity (Wildman–Crippen MR) is 131 cm³/mol. The van der Waals surface area contributed by atoms with Gasteiger partial charge in [0.25, 0.3) is 17.4 Å². The molecule has 1 aliphatic rings. The van der Waals surface area contributed by atoms with E-state index in [2.05, 4.69) is 0 Å². The van der Waals surface area contributed by atoms with Gasteiger partial charge in [-0.2, -0.15) is 0 Å². The minimum absolute atomic E-state index is 0.000422. The van der Waals surface area contributed by atoms with Crippen molar-refractivity contribution in [3.63, 3.8) is 0 Å². The minimum atomic E-state index is -1.07. The Hall–Kier alpha value is -4.73. The first-order valence-electron chi connectivity index (χ1n) is 11.4. The van der Waals surface area contributed by atoms with Crippen LogP contribution < -0.4 is 4.74 Å². The van der Waals surface area contributed by atoms with E-state index in [1.165, 1.54) is 53.4 Å². The van der Waals surface area contributed by atoms with Gasteiger partial charge >= 0.3 is 0 Å². The van der Waals surface area contributed by atoms with Gasteiger partial charge in [0.15, 0.2) is 11.5 Å². The molecule has 1 atom stereocenters. The molecule has 0 spiro atoms. The monoisotopic (exact) mass is 506 g/mol. The van der Waals surface area contributed by atoms with Crippen molar-refractivity contribution in [2.45, 2.75) is 19.4 Å². The van der Waals surface area contributed by atoms with E-state index in [0.717, 1.165) is 11.6 Å². The zero-order valence-corrected chi connectivity index (χ0v) is 19.8. The van der Waals surface area contributed by atoms with Crippen LogP contribution >= 0.6 is 0 Å². The van der Waals surface area contributed by atoms with Crippen LogP contribution in [0.4, 0.5) is 10.1 Å². The van der Waals surface area contributed by atoms with E-state index in [1.807, 2.05) is 0 Å². The van der Waals surface area contributed by atoms with E-state index in [9.17, 15) is 34.3 Å². The van der Waals surface area contributed by atoms with Crippen molar-refractivity contribution in [3.05, 3.63) is 105 Å². The Balaban J connectivity index is 1.83. The molecule has 0 aliphatic carbocycles. The van der Waals surface area contributed by atoms with Crippen molar-refractivity contribution in [1.29, 1.82) is 0 Å². The number of nitro groups is 1. The van der Waals surface area contributed by atoms with Crippen molar-refractivity contribution in [3.8, 4) is 11.5 Å². The van der Waals surface area contributed by atoms with E-state index >= 15 is 0 Å². The molecule has 1 fully saturated rings. The zero-order valence-electron chi connectivity index (χ0n) is 19.8. The zero-order chi connectivity index (χ0) is 26.7. The smallest absolute Gasteiger partial charge is 0.295 e. The van der Waals surface area contributed by atoms with Crippen LogP contribution in [0.5, 0.6) is 11.5 Å². The lowest BCUT2D eigenvalue weighted by Gasteiger charge is -2.26. The average molecular weight is 506 g/mol. The molecule has 0 saturated carbocycles. The van der Waals surface area contributed by atoms with Gasteiger partial charge < -0.3 is 19.8 Å². The second-order valence-electron chi connectivity index (χ2n) is 8.34. The van der Waals surface area contributed by atoms with Gasteiger partial charge in [0.2, 0.25) is 0 Å². The summed E-state index contributed by atoms with van der Waals surface area (Å²) >= 11 is 0. The molecule has 1 heterocycles. The summed E-state index contributed by atoms with van der Waals surface area (Å²) in [6.07, 6.45) is 0.289. The number of phenolic OH excluding ortho intramolecular Hbond substituents is 1. The van der Waals surface area contributed by atoms with Crippen LogP contribution in [0.1, 0.15) is 29.7 Å². The molecule has 1 aliphatic heterocycles. The number of phenols is 1. The number of aliphatic hydroxyl groups excluding tert-OH is 1. The molecule has 190 valence electrons. The molecule has 4 rings (SSSR count). The minimum Gasteiger partial charge on any atom is -0.507 e. The Kier molecular flexibility index (Phi) is 7.19. The largest absolute Gasteiger partial charge is 0.507 e. The number of hydrogen-bond acceptors (Lipinski definition) is 7. The number of ketones is 1. The van der Waals surface area contributed by atoms with Crippen LogP contribution in [0.25, 0.3) is 5.76 Å². The van der Waals surface area contributed by atoms with Gasteiger partial charge in [-0.1, -0.05) is 30.3 Å². The van der Waals surface area contributed by atoms with Gasteiger partial charge in [-0.15, -0.1) is 0 Å². The van der Waals surface area contributed by atoms with E-state index < -0.39 is 34.2 Å². The van der Waals surface area contributed by atoms with Gasteiger partial charge in [-0.3, -0.25) is 19.7 Å². The number of benzene rings is 3. The third kappa shape index (κ3) is 5.13. The van der Waals surface area contributed by atoms with E-state index in [0.29, 0.717) is 5.56 Å². The van der Waals surface area contributed by atoms with Gasteiger partial charge in [0, 0.05) is 24.2 Å². The third-order valence-corrected chi connectivity index (χ3v) is 6.02. The topological polar surface area (TPSA) is 130 Å². The van der Waals surface area contributed by atoms with E-state index in [1.54, 1.807) is 19.1 Å². The average Bonchev–Trinajstić information content (AvgIpc) is 3.14. The highest BCUT2D eigenvalue weighted by atomic mass is 19.1. The standard InChI is InChI=1S/C27H23FN2O7/c1-2-37-22-15-17(8-11-21(22)31)24-23(25(32)18-4-3-5-20(14-18)30(35)36)26(33)27(34)29(24)13-12-16-6-9-19(28)10-7-16/h3-11,14-15,24,31-32H,2,12-13H2,1H3/b25-23+. The summed E-state index contributed by atoms with van der Waals surface area (Å²) in [4.78, 5) is 38.2. The Morgan fingerprint density at radius 3 is 2.51 bits per heavy atom. The van der Waals surface area contributed by atoms with Gasteiger partial charge in [-0.05, 0) is 48.7 Å². The van der Waals surface area contributed by atoms with Crippen LogP contribution in [-0.4, -0.2) is 44.9 Å². The first kappa shape index (κ1) is 25.4. The maximum absolute atomic E-state index is 13.3. The molecular weight excluding hydrogens is 483 g/mol. The number of nitrogens with zero attached hydrogens (tertiary/aromatic N) is 2. The number of aromatic hydroxyl groups is 1. The van der Waals surface area contributed by atoms with Crippen molar-refractivity contribution >= 4 is 23.1 Å². The maximum atomic E-state index is 13.3. The number of amides is 1. The molecule has 2 N–H and O–H groups in total. The summed E-state index contributed by atoms with van der Waals surface area (Å²) in [5.41, 5.74) is 0.555. The summed E-state index contributed by atoms with van der Waals surface area (Å²) in [5.74, 6) is -2.83. The molecule has 0 aromatic heterocycles. The predicted octanol–water partition coefficient (Wildman–Crippen LogP) is 4.50. The van der Waals surface area contributed by atoms with Crippen molar-refractivity contribution in [2.75, 3.05) is 13.2 Å². The first-order valence-corrected chi connectivity index (χ1v) is 11.4. The van der Waals surface area contributed by atoms with Crippen LogP contribution in [0.3, 0.4) is 0 Å². The fourth-order valence-electron chi connectivity index (χ4n) is 4.25. The number of aliphatic hydroxyl groups is 1. The Bertz CT molecular complexity index is 1400. The molecule has 10 heteroatoms. The van der Waals surface area contributed by atoms with Crippen molar-refractivity contribution < 1.29 is 33.9 Å². The normalized spacial score (nSPS) is 16.7. The highest BCUT2D eigenvalue weighted by Crippen LogP contribution is 2.42. The van der Waals surface area contributed by atoms with E-state index in [-0.39, 0.29) is 47.9 Å². The molecule has 3 aromatic rings. The first-order chi connectivity index (χ1) is 17.7. The molecule has 1 amide bonds. The highest BCUT2D eigenvalue weighted by molar-refractivity contribution is 6.46. The molecule has 1 saturated heterocycles. The quantitative estimate of drug-likeness (QED) is 0.151. The lowest BCUT2D eigenvalue weighted by Crippen LogP contribution is -2.31. The molecule has 0 bridgehead atoms. The second kappa shape index (κ2) is 10.5. The lowest BCUT2D eigenvalue weighted by molar-refractivity contribution is -0.384. The SMILES string of the molecule is CCOc1cc(C2/C(=C(\O)c3cccc([N+](=O)[O-])c3)C(=O)C(=O)N2CCc2ccc(F)cc2)ccc1O. The summed E-state index contributed by atoms with van der Waals surface area (Å²) in [6.45, 7) is 2.02. The molecule has 0 radical (unpaired) electrons. The molecule has 9 nitrogen and oxygen atoms in total. The second-order valence-corrected chi connectivity index (χ2v) is 8.34. The summed E-state index contributed by atoms with van der Waals surface area (Å²) in [5, 5.41) is 32.5. The fourth-order valence-corrected chi connectivity index (χ4v) is 4.25. The summed E-state index contributed by atoms with van der Waals surface area (Å²) < 4.78 is 18.8. The highest BCUT2D eigenvalue weighted by Gasteiger charge is 2.46. The Labute approximate surface area is 211 Å². The Morgan fingerprint density at radius 1 is 1.11 bits per heavy atom.